The van der Waals surface area contributed by atoms with E-state index in [0.717, 1.165) is 0 Å². The molecule has 1 aromatic rings. The van der Waals surface area contributed by atoms with Gasteiger partial charge in [0.15, 0.2) is 0 Å². The number of hydrogen-bond acceptors (Lipinski definition) is 3. The van der Waals surface area contributed by atoms with Crippen molar-refractivity contribution in [2.24, 2.45) is 5.92 Å². The molecule has 0 aliphatic carbocycles. The van der Waals surface area contributed by atoms with E-state index in [1.807, 2.05) is 6.92 Å². The van der Waals surface area contributed by atoms with Gasteiger partial charge in [0.25, 0.3) is 0 Å². The van der Waals surface area contributed by atoms with Crippen molar-refractivity contribution in [2.75, 3.05) is 19.6 Å². The van der Waals surface area contributed by atoms with E-state index in [4.69, 9.17) is 0 Å². The molecule has 1 heterocycles. The highest BCUT2D eigenvalue weighted by atomic mass is 19.1. The largest absolute Gasteiger partial charge is 0.388 e. The minimum atomic E-state index is -1.03. The lowest BCUT2D eigenvalue weighted by molar-refractivity contribution is -0.144. The van der Waals surface area contributed by atoms with Gasteiger partial charge in [-0.1, -0.05) is 12.1 Å². The standard InChI is InChI=1S/C15H19FN2O3/c1-2-17-15(21)11-8-18(9-11)14(20)7-13(19)10-4-3-5-12(16)6-10/h3-6,11,13,19H,2,7-9H2,1H3,(H,17,21). The minimum Gasteiger partial charge on any atom is -0.388 e. The predicted molar refractivity (Wildman–Crippen MR) is 74.7 cm³/mol. The Morgan fingerprint density at radius 1 is 1.48 bits per heavy atom. The zero-order valence-electron chi connectivity index (χ0n) is 11.9. The lowest BCUT2D eigenvalue weighted by Gasteiger charge is -2.38. The maximum Gasteiger partial charge on any atom is 0.226 e. The van der Waals surface area contributed by atoms with Gasteiger partial charge in [0, 0.05) is 19.6 Å². The van der Waals surface area contributed by atoms with Crippen molar-refractivity contribution in [3.05, 3.63) is 35.6 Å². The normalized spacial score (nSPS) is 16.2. The van der Waals surface area contributed by atoms with Crippen LogP contribution in [0.2, 0.25) is 0 Å². The van der Waals surface area contributed by atoms with Gasteiger partial charge in [0.1, 0.15) is 5.82 Å². The van der Waals surface area contributed by atoms with Gasteiger partial charge in [-0.25, -0.2) is 4.39 Å². The summed E-state index contributed by atoms with van der Waals surface area (Å²) in [5, 5.41) is 12.7. The Morgan fingerprint density at radius 2 is 2.19 bits per heavy atom. The summed E-state index contributed by atoms with van der Waals surface area (Å²) in [7, 11) is 0. The Morgan fingerprint density at radius 3 is 2.81 bits per heavy atom. The fraction of sp³-hybridized carbons (Fsp3) is 0.467. The first-order valence-corrected chi connectivity index (χ1v) is 7.00. The van der Waals surface area contributed by atoms with E-state index in [0.29, 0.717) is 25.2 Å². The van der Waals surface area contributed by atoms with Gasteiger partial charge in [0.05, 0.1) is 18.4 Å². The van der Waals surface area contributed by atoms with Crippen LogP contribution in [0.3, 0.4) is 0 Å². The Bertz CT molecular complexity index is 529. The molecule has 2 amide bonds. The van der Waals surface area contributed by atoms with Crippen molar-refractivity contribution in [2.45, 2.75) is 19.4 Å². The average Bonchev–Trinajstić information content (AvgIpc) is 2.37. The van der Waals surface area contributed by atoms with Crippen LogP contribution in [0.1, 0.15) is 25.0 Å². The van der Waals surface area contributed by atoms with Crippen LogP contribution in [-0.2, 0) is 9.59 Å². The lowest BCUT2D eigenvalue weighted by Crippen LogP contribution is -2.55. The number of carbonyl (C=O) groups is 2. The summed E-state index contributed by atoms with van der Waals surface area (Å²) in [6, 6.07) is 5.57. The van der Waals surface area contributed by atoms with Gasteiger partial charge in [-0.05, 0) is 24.6 Å². The van der Waals surface area contributed by atoms with Gasteiger partial charge in [-0.3, -0.25) is 9.59 Å². The van der Waals surface area contributed by atoms with Crippen molar-refractivity contribution in [3.8, 4) is 0 Å². The quantitative estimate of drug-likeness (QED) is 0.845. The molecule has 1 atom stereocenters. The molecule has 0 saturated carbocycles. The molecule has 1 aromatic carbocycles. The molecule has 0 aromatic heterocycles. The number of likely N-dealkylation sites (tertiary alicyclic amines) is 1. The summed E-state index contributed by atoms with van der Waals surface area (Å²) in [5.41, 5.74) is 0.379. The molecule has 1 saturated heterocycles. The number of rotatable bonds is 5. The summed E-state index contributed by atoms with van der Waals surface area (Å²) in [6.07, 6.45) is -1.14. The molecule has 1 aliphatic rings. The average molecular weight is 294 g/mol. The molecule has 5 nitrogen and oxygen atoms in total. The van der Waals surface area contributed by atoms with E-state index in [1.165, 1.54) is 23.1 Å². The second-order valence-corrected chi connectivity index (χ2v) is 5.17. The number of halogens is 1. The van der Waals surface area contributed by atoms with Crippen LogP contribution in [0.15, 0.2) is 24.3 Å². The van der Waals surface area contributed by atoms with E-state index in [2.05, 4.69) is 5.32 Å². The Hall–Kier alpha value is -1.95. The number of benzene rings is 1. The molecule has 6 heteroatoms. The Balaban J connectivity index is 1.82. The van der Waals surface area contributed by atoms with Crippen molar-refractivity contribution in [3.63, 3.8) is 0 Å². The molecule has 0 bridgehead atoms. The number of nitrogens with one attached hydrogen (secondary N) is 1. The van der Waals surface area contributed by atoms with Crippen molar-refractivity contribution in [1.29, 1.82) is 0 Å². The van der Waals surface area contributed by atoms with Crippen LogP contribution in [0, 0.1) is 11.7 Å². The lowest BCUT2D eigenvalue weighted by atomic mass is 9.97. The van der Waals surface area contributed by atoms with E-state index in [9.17, 15) is 19.1 Å². The molecule has 1 unspecified atom stereocenters. The number of nitrogens with zero attached hydrogens (tertiary/aromatic N) is 1. The number of amides is 2. The highest BCUT2D eigenvalue weighted by molar-refractivity contribution is 5.84. The molecule has 2 N–H and O–H groups in total. The third-order valence-corrected chi connectivity index (χ3v) is 3.56. The topological polar surface area (TPSA) is 69.6 Å². The third kappa shape index (κ3) is 3.78. The molecule has 21 heavy (non-hydrogen) atoms. The minimum absolute atomic E-state index is 0.0489. The fourth-order valence-electron chi connectivity index (χ4n) is 2.29. The first-order chi connectivity index (χ1) is 10.0. The third-order valence-electron chi connectivity index (χ3n) is 3.56. The van der Waals surface area contributed by atoms with Gasteiger partial charge >= 0.3 is 0 Å². The van der Waals surface area contributed by atoms with Crippen LogP contribution in [0.4, 0.5) is 4.39 Å². The number of carbonyl (C=O) groups excluding carboxylic acids is 2. The fourth-order valence-corrected chi connectivity index (χ4v) is 2.29. The summed E-state index contributed by atoms with van der Waals surface area (Å²) in [5.74, 6) is -0.890. The van der Waals surface area contributed by atoms with Crippen molar-refractivity contribution in [1.82, 2.24) is 10.2 Å². The molecule has 1 aliphatic heterocycles. The molecule has 1 fully saturated rings. The first kappa shape index (κ1) is 15.4. The van der Waals surface area contributed by atoms with E-state index in [-0.39, 0.29) is 24.2 Å². The van der Waals surface area contributed by atoms with Crippen LogP contribution in [0.25, 0.3) is 0 Å². The predicted octanol–water partition coefficient (Wildman–Crippen LogP) is 0.844. The molecule has 0 radical (unpaired) electrons. The smallest absolute Gasteiger partial charge is 0.226 e. The van der Waals surface area contributed by atoms with Crippen molar-refractivity contribution < 1.29 is 19.1 Å². The van der Waals surface area contributed by atoms with Crippen LogP contribution < -0.4 is 5.32 Å². The number of aliphatic hydroxyl groups is 1. The van der Waals surface area contributed by atoms with Crippen LogP contribution in [-0.4, -0.2) is 41.5 Å². The number of aliphatic hydroxyl groups excluding tert-OH is 1. The van der Waals surface area contributed by atoms with Gasteiger partial charge < -0.3 is 15.3 Å². The van der Waals surface area contributed by atoms with Gasteiger partial charge in [-0.2, -0.15) is 0 Å². The van der Waals surface area contributed by atoms with Gasteiger partial charge in [-0.15, -0.1) is 0 Å². The Kier molecular flexibility index (Phi) is 4.90. The summed E-state index contributed by atoms with van der Waals surface area (Å²) in [4.78, 5) is 25.0. The van der Waals surface area contributed by atoms with Crippen LogP contribution >= 0.6 is 0 Å². The molecule has 0 spiro atoms. The number of hydrogen-bond donors (Lipinski definition) is 2. The molecular formula is C15H19FN2O3. The first-order valence-electron chi connectivity index (χ1n) is 7.00. The zero-order chi connectivity index (χ0) is 15.4. The summed E-state index contributed by atoms with van der Waals surface area (Å²) >= 11 is 0. The molecular weight excluding hydrogens is 275 g/mol. The van der Waals surface area contributed by atoms with Crippen LogP contribution in [0.5, 0.6) is 0 Å². The van der Waals surface area contributed by atoms with Gasteiger partial charge in [0.2, 0.25) is 11.8 Å². The second-order valence-electron chi connectivity index (χ2n) is 5.17. The Labute approximate surface area is 122 Å². The monoisotopic (exact) mass is 294 g/mol. The maximum atomic E-state index is 13.1. The molecule has 2 rings (SSSR count). The van der Waals surface area contributed by atoms with E-state index in [1.54, 1.807) is 6.07 Å². The zero-order valence-corrected chi connectivity index (χ0v) is 11.9. The summed E-state index contributed by atoms with van der Waals surface area (Å²) < 4.78 is 13.1. The molecule has 114 valence electrons. The second kappa shape index (κ2) is 6.67. The van der Waals surface area contributed by atoms with Crippen molar-refractivity contribution >= 4 is 11.8 Å². The highest BCUT2D eigenvalue weighted by Gasteiger charge is 2.35. The summed E-state index contributed by atoms with van der Waals surface area (Å²) in [6.45, 7) is 3.16. The van der Waals surface area contributed by atoms with E-state index >= 15 is 0 Å². The SMILES string of the molecule is CCNC(=O)C1CN(C(=O)CC(O)c2cccc(F)c2)C1. The highest BCUT2D eigenvalue weighted by Crippen LogP contribution is 2.22. The van der Waals surface area contributed by atoms with E-state index < -0.39 is 11.9 Å². The maximum absolute atomic E-state index is 13.1.